The lowest BCUT2D eigenvalue weighted by atomic mass is 9.97. The van der Waals surface area contributed by atoms with Gasteiger partial charge in [-0.3, -0.25) is 9.36 Å². The second-order valence-electron chi connectivity index (χ2n) is 8.38. The van der Waals surface area contributed by atoms with E-state index in [1.165, 1.54) is 16.9 Å². The molecule has 0 saturated carbocycles. The van der Waals surface area contributed by atoms with E-state index < -0.39 is 0 Å². The molecule has 0 saturated heterocycles. The van der Waals surface area contributed by atoms with Gasteiger partial charge >= 0.3 is 5.97 Å². The number of aromatic nitrogens is 2. The Morgan fingerprint density at radius 1 is 1.19 bits per heavy atom. The molecule has 0 aliphatic heterocycles. The quantitative estimate of drug-likeness (QED) is 0.521. The van der Waals surface area contributed by atoms with Gasteiger partial charge in [-0.1, -0.05) is 19.1 Å². The fraction of sp³-hybridized carbons (Fsp3) is 0.458. The summed E-state index contributed by atoms with van der Waals surface area (Å²) in [6.45, 7) is 3.41. The van der Waals surface area contributed by atoms with Gasteiger partial charge in [0.05, 0.1) is 30.6 Å². The van der Waals surface area contributed by atoms with Crippen LogP contribution >= 0.6 is 11.3 Å². The zero-order valence-electron chi connectivity index (χ0n) is 18.4. The van der Waals surface area contributed by atoms with Crippen LogP contribution in [0.2, 0.25) is 0 Å². The smallest absolute Gasteiger partial charge is 0.338 e. The maximum atomic E-state index is 13.6. The van der Waals surface area contributed by atoms with Crippen molar-refractivity contribution in [3.05, 3.63) is 62.0 Å². The van der Waals surface area contributed by atoms with Gasteiger partial charge in [0.2, 0.25) is 0 Å². The van der Waals surface area contributed by atoms with E-state index in [4.69, 9.17) is 9.72 Å². The molecule has 1 aromatic carbocycles. The first-order valence-corrected chi connectivity index (χ1v) is 11.7. The first-order chi connectivity index (χ1) is 15.0. The largest absolute Gasteiger partial charge is 0.462 e. The monoisotopic (exact) mass is 439 g/mol. The minimum Gasteiger partial charge on any atom is -0.462 e. The normalized spacial score (nSPS) is 13.5. The Balaban J connectivity index is 1.71. The second kappa shape index (κ2) is 9.32. The van der Waals surface area contributed by atoms with Gasteiger partial charge in [0.15, 0.2) is 0 Å². The number of hydrogen-bond donors (Lipinski definition) is 0. The van der Waals surface area contributed by atoms with E-state index in [0.29, 0.717) is 25.3 Å². The van der Waals surface area contributed by atoms with E-state index >= 15 is 0 Å². The number of carbonyl (C=O) groups is 1. The van der Waals surface area contributed by atoms with E-state index in [9.17, 15) is 9.59 Å². The SMILES string of the molecule is CCCOC(=O)c1ccc(Cn2c(CN(C)C)nc3sc4c(c3c2=O)CCCC4)cc1. The molecule has 0 amide bonds. The first-order valence-electron chi connectivity index (χ1n) is 10.9. The van der Waals surface area contributed by atoms with Crippen LogP contribution in [0.4, 0.5) is 0 Å². The van der Waals surface area contributed by atoms with Crippen molar-refractivity contribution in [1.29, 1.82) is 0 Å². The fourth-order valence-electron chi connectivity index (χ4n) is 4.05. The highest BCUT2D eigenvalue weighted by molar-refractivity contribution is 7.18. The van der Waals surface area contributed by atoms with Crippen molar-refractivity contribution >= 4 is 27.5 Å². The molecule has 31 heavy (non-hydrogen) atoms. The van der Waals surface area contributed by atoms with Gasteiger partial charge in [-0.25, -0.2) is 9.78 Å². The van der Waals surface area contributed by atoms with E-state index in [2.05, 4.69) is 0 Å². The Morgan fingerprint density at radius 3 is 2.65 bits per heavy atom. The minimum absolute atomic E-state index is 0.0488. The van der Waals surface area contributed by atoms with E-state index in [-0.39, 0.29) is 11.5 Å². The summed E-state index contributed by atoms with van der Waals surface area (Å²) in [5, 5.41) is 0.807. The number of hydrogen-bond acceptors (Lipinski definition) is 6. The lowest BCUT2D eigenvalue weighted by molar-refractivity contribution is 0.0505. The number of esters is 1. The average molecular weight is 440 g/mol. The Labute approximate surface area is 186 Å². The zero-order valence-corrected chi connectivity index (χ0v) is 19.3. The molecule has 2 heterocycles. The molecule has 1 aliphatic rings. The summed E-state index contributed by atoms with van der Waals surface area (Å²) in [7, 11) is 3.97. The standard InChI is InChI=1S/C24H29N3O3S/c1-4-13-30-24(29)17-11-9-16(10-12-17)14-27-20(15-26(2)3)25-22-21(23(27)28)18-7-5-6-8-19(18)31-22/h9-12H,4-8,13-15H2,1-3H3. The van der Waals surface area contributed by atoms with Gasteiger partial charge in [-0.15, -0.1) is 11.3 Å². The summed E-state index contributed by atoms with van der Waals surface area (Å²) in [4.78, 5) is 34.8. The van der Waals surface area contributed by atoms with Crippen molar-refractivity contribution in [3.8, 4) is 0 Å². The molecule has 1 aliphatic carbocycles. The average Bonchev–Trinajstić information content (AvgIpc) is 3.13. The highest BCUT2D eigenvalue weighted by atomic mass is 32.1. The molecule has 0 atom stereocenters. The fourth-order valence-corrected chi connectivity index (χ4v) is 5.32. The summed E-state index contributed by atoms with van der Waals surface area (Å²) in [5.74, 6) is 0.458. The molecule has 0 radical (unpaired) electrons. The molecule has 0 spiro atoms. The molecule has 0 fully saturated rings. The van der Waals surface area contributed by atoms with Crippen LogP contribution in [0.3, 0.4) is 0 Å². The number of carbonyl (C=O) groups excluding carboxylic acids is 1. The number of ether oxygens (including phenoxy) is 1. The van der Waals surface area contributed by atoms with E-state index in [1.807, 2.05) is 38.1 Å². The van der Waals surface area contributed by atoms with Crippen molar-refractivity contribution in [2.75, 3.05) is 20.7 Å². The molecule has 7 heteroatoms. The summed E-state index contributed by atoms with van der Waals surface area (Å²) in [6.07, 6.45) is 5.13. The van der Waals surface area contributed by atoms with E-state index in [1.54, 1.807) is 28.0 Å². The number of benzene rings is 1. The maximum Gasteiger partial charge on any atom is 0.338 e. The van der Waals surface area contributed by atoms with Crippen molar-refractivity contribution in [2.45, 2.75) is 52.1 Å². The van der Waals surface area contributed by atoms with Gasteiger partial charge < -0.3 is 9.64 Å². The first kappa shape index (κ1) is 21.7. The van der Waals surface area contributed by atoms with Crippen LogP contribution in [-0.2, 0) is 30.7 Å². The van der Waals surface area contributed by atoms with Crippen LogP contribution in [0.1, 0.15) is 58.4 Å². The molecular formula is C24H29N3O3S. The van der Waals surface area contributed by atoms with Crippen molar-refractivity contribution in [3.63, 3.8) is 0 Å². The topological polar surface area (TPSA) is 64.4 Å². The lowest BCUT2D eigenvalue weighted by Gasteiger charge is -2.16. The third-order valence-corrected chi connectivity index (χ3v) is 6.76. The van der Waals surface area contributed by atoms with Crippen LogP contribution in [0, 0.1) is 0 Å². The third-order valence-electron chi connectivity index (χ3n) is 5.58. The predicted molar refractivity (Wildman–Crippen MR) is 124 cm³/mol. The number of fused-ring (bicyclic) bond motifs is 3. The highest BCUT2D eigenvalue weighted by Crippen LogP contribution is 2.34. The molecular weight excluding hydrogens is 410 g/mol. The second-order valence-corrected chi connectivity index (χ2v) is 9.46. The maximum absolute atomic E-state index is 13.6. The van der Waals surface area contributed by atoms with Gasteiger partial charge in [0, 0.05) is 4.88 Å². The van der Waals surface area contributed by atoms with Gasteiger partial charge in [0.1, 0.15) is 10.7 Å². The molecule has 164 valence electrons. The van der Waals surface area contributed by atoms with Crippen LogP contribution in [0.5, 0.6) is 0 Å². The summed E-state index contributed by atoms with van der Waals surface area (Å²) < 4.78 is 7.00. The molecule has 2 aromatic heterocycles. The summed E-state index contributed by atoms with van der Waals surface area (Å²) >= 11 is 1.69. The summed E-state index contributed by atoms with van der Waals surface area (Å²) in [6, 6.07) is 7.31. The Morgan fingerprint density at radius 2 is 1.94 bits per heavy atom. The van der Waals surface area contributed by atoms with Gasteiger partial charge in [-0.2, -0.15) is 0 Å². The van der Waals surface area contributed by atoms with Crippen LogP contribution in [-0.4, -0.2) is 41.1 Å². The Kier molecular flexibility index (Phi) is 6.53. The zero-order chi connectivity index (χ0) is 22.0. The molecule has 0 N–H and O–H groups in total. The van der Waals surface area contributed by atoms with Crippen LogP contribution in [0.25, 0.3) is 10.2 Å². The minimum atomic E-state index is -0.313. The Hall–Kier alpha value is -2.51. The van der Waals surface area contributed by atoms with E-state index in [0.717, 1.165) is 47.3 Å². The molecule has 4 rings (SSSR count). The number of aryl methyl sites for hydroxylation is 2. The third kappa shape index (κ3) is 4.57. The van der Waals surface area contributed by atoms with Crippen LogP contribution < -0.4 is 5.56 Å². The molecule has 0 bridgehead atoms. The van der Waals surface area contributed by atoms with Crippen molar-refractivity contribution in [2.24, 2.45) is 0 Å². The van der Waals surface area contributed by atoms with Gasteiger partial charge in [-0.05, 0) is 69.5 Å². The number of rotatable bonds is 7. The number of thiophene rings is 1. The molecule has 3 aromatic rings. The molecule has 0 unspecified atom stereocenters. The van der Waals surface area contributed by atoms with Crippen molar-refractivity contribution in [1.82, 2.24) is 14.5 Å². The van der Waals surface area contributed by atoms with Crippen molar-refractivity contribution < 1.29 is 9.53 Å². The van der Waals surface area contributed by atoms with Crippen LogP contribution in [0.15, 0.2) is 29.1 Å². The van der Waals surface area contributed by atoms with Gasteiger partial charge in [0.25, 0.3) is 5.56 Å². The molecule has 6 nitrogen and oxygen atoms in total. The predicted octanol–water partition coefficient (Wildman–Crippen LogP) is 4.01. The summed E-state index contributed by atoms with van der Waals surface area (Å²) in [5.41, 5.74) is 2.74. The highest BCUT2D eigenvalue weighted by Gasteiger charge is 2.22. The number of nitrogens with zero attached hydrogens (tertiary/aromatic N) is 3. The Bertz CT molecular complexity index is 1150. The lowest BCUT2D eigenvalue weighted by Crippen LogP contribution is -2.29.